The summed E-state index contributed by atoms with van der Waals surface area (Å²) in [7, 11) is 0. The first kappa shape index (κ1) is 19.0. The van der Waals surface area contributed by atoms with Gasteiger partial charge in [-0.25, -0.2) is 4.79 Å². The van der Waals surface area contributed by atoms with Crippen molar-refractivity contribution in [3.63, 3.8) is 0 Å². The number of rotatable bonds is 5. The van der Waals surface area contributed by atoms with Gasteiger partial charge in [-0.15, -0.1) is 11.8 Å². The second kappa shape index (κ2) is 7.43. The van der Waals surface area contributed by atoms with Gasteiger partial charge >= 0.3 is 11.9 Å². The molecule has 0 saturated carbocycles. The van der Waals surface area contributed by atoms with Gasteiger partial charge in [0.25, 0.3) is 11.8 Å². The molecule has 3 atom stereocenters. The van der Waals surface area contributed by atoms with Gasteiger partial charge in [-0.2, -0.15) is 0 Å². The molecule has 0 aliphatic carbocycles. The summed E-state index contributed by atoms with van der Waals surface area (Å²) >= 11 is 1.38. The van der Waals surface area contributed by atoms with Crippen molar-refractivity contribution in [3.05, 3.63) is 47.2 Å². The van der Waals surface area contributed by atoms with Crippen LogP contribution in [0.5, 0.6) is 0 Å². The molecular formula is C18H18N2O6S. The van der Waals surface area contributed by atoms with E-state index in [1.807, 2.05) is 0 Å². The lowest BCUT2D eigenvalue weighted by atomic mass is 10.0. The molecule has 2 amide bonds. The highest BCUT2D eigenvalue weighted by Crippen LogP contribution is 2.40. The Morgan fingerprint density at radius 3 is 2.56 bits per heavy atom. The summed E-state index contributed by atoms with van der Waals surface area (Å²) in [5.74, 6) is -2.46. The van der Waals surface area contributed by atoms with E-state index in [0.717, 1.165) is 0 Å². The van der Waals surface area contributed by atoms with E-state index in [4.69, 9.17) is 4.74 Å². The van der Waals surface area contributed by atoms with Gasteiger partial charge in [0, 0.05) is 18.2 Å². The van der Waals surface area contributed by atoms with Crippen LogP contribution in [-0.4, -0.2) is 50.9 Å². The van der Waals surface area contributed by atoms with E-state index in [9.17, 15) is 24.3 Å². The summed E-state index contributed by atoms with van der Waals surface area (Å²) < 4.78 is 5.13. The number of esters is 1. The fourth-order valence-corrected chi connectivity index (χ4v) is 4.36. The molecule has 2 heterocycles. The molecule has 8 nitrogen and oxygen atoms in total. The number of carbonyl (C=O) groups excluding carboxylic acids is 3. The van der Waals surface area contributed by atoms with Crippen LogP contribution in [0.25, 0.3) is 0 Å². The molecule has 1 fully saturated rings. The van der Waals surface area contributed by atoms with Crippen LogP contribution in [0.2, 0.25) is 0 Å². The second-order valence-electron chi connectivity index (χ2n) is 6.23. The lowest BCUT2D eigenvalue weighted by molar-refractivity contribution is -0.157. The molecule has 2 N–H and O–H groups in total. The lowest BCUT2D eigenvalue weighted by Crippen LogP contribution is -2.70. The zero-order chi connectivity index (χ0) is 19.7. The van der Waals surface area contributed by atoms with Crippen molar-refractivity contribution in [2.24, 2.45) is 0 Å². The maximum absolute atomic E-state index is 12.7. The van der Waals surface area contributed by atoms with Gasteiger partial charge in [0.1, 0.15) is 17.1 Å². The number of carboxylic acids is 1. The Morgan fingerprint density at radius 1 is 1.30 bits per heavy atom. The van der Waals surface area contributed by atoms with E-state index in [2.05, 4.69) is 5.32 Å². The minimum atomic E-state index is -1.18. The molecule has 3 rings (SSSR count). The second-order valence-corrected chi connectivity index (χ2v) is 7.34. The van der Waals surface area contributed by atoms with Crippen molar-refractivity contribution in [1.29, 1.82) is 0 Å². The van der Waals surface area contributed by atoms with Gasteiger partial charge < -0.3 is 15.2 Å². The molecule has 0 aromatic heterocycles. The molecule has 1 aromatic carbocycles. The van der Waals surface area contributed by atoms with Crippen molar-refractivity contribution in [2.75, 3.05) is 5.75 Å². The summed E-state index contributed by atoms with van der Waals surface area (Å²) in [6.45, 7) is 2.86. The number of benzene rings is 1. The molecule has 0 bridgehead atoms. The molecule has 2 aliphatic heterocycles. The van der Waals surface area contributed by atoms with E-state index in [1.165, 1.54) is 23.6 Å². The highest BCUT2D eigenvalue weighted by atomic mass is 32.2. The molecule has 27 heavy (non-hydrogen) atoms. The number of fused-ring (bicyclic) bond motifs is 1. The van der Waals surface area contributed by atoms with Gasteiger partial charge in [-0.1, -0.05) is 30.3 Å². The van der Waals surface area contributed by atoms with E-state index in [1.54, 1.807) is 37.3 Å². The quantitative estimate of drug-likeness (QED) is 0.571. The number of hydrogen-bond donors (Lipinski definition) is 2. The van der Waals surface area contributed by atoms with E-state index < -0.39 is 41.3 Å². The number of carboxylic acid groups (broad SMARTS) is 1. The van der Waals surface area contributed by atoms with Crippen molar-refractivity contribution in [2.45, 2.75) is 31.4 Å². The van der Waals surface area contributed by atoms with E-state index in [-0.39, 0.29) is 5.70 Å². The topological polar surface area (TPSA) is 113 Å². The van der Waals surface area contributed by atoms with Crippen LogP contribution in [0.4, 0.5) is 0 Å². The number of ether oxygens (including phenoxy) is 1. The van der Waals surface area contributed by atoms with Gasteiger partial charge in [0.2, 0.25) is 6.10 Å². The third-order valence-electron chi connectivity index (χ3n) is 4.28. The van der Waals surface area contributed by atoms with Gasteiger partial charge in [-0.3, -0.25) is 19.3 Å². The molecule has 0 radical (unpaired) electrons. The summed E-state index contributed by atoms with van der Waals surface area (Å²) in [5, 5.41) is 11.5. The number of thioether (sulfide) groups is 1. The Hall–Kier alpha value is -2.81. The molecular weight excluding hydrogens is 372 g/mol. The predicted molar refractivity (Wildman–Crippen MR) is 96.3 cm³/mol. The van der Waals surface area contributed by atoms with Crippen molar-refractivity contribution in [1.82, 2.24) is 10.2 Å². The average Bonchev–Trinajstić information content (AvgIpc) is 2.64. The largest absolute Gasteiger partial charge is 0.477 e. The smallest absolute Gasteiger partial charge is 0.352 e. The van der Waals surface area contributed by atoms with Crippen LogP contribution < -0.4 is 5.32 Å². The van der Waals surface area contributed by atoms with Gasteiger partial charge in [0.15, 0.2) is 0 Å². The lowest BCUT2D eigenvalue weighted by Gasteiger charge is -2.49. The van der Waals surface area contributed by atoms with Crippen molar-refractivity contribution >= 4 is 35.5 Å². The minimum absolute atomic E-state index is 0.0335. The first-order valence-electron chi connectivity index (χ1n) is 8.21. The zero-order valence-corrected chi connectivity index (χ0v) is 15.5. The third-order valence-corrected chi connectivity index (χ3v) is 5.71. The first-order chi connectivity index (χ1) is 12.8. The molecule has 1 saturated heterocycles. The molecule has 9 heteroatoms. The maximum Gasteiger partial charge on any atom is 0.352 e. The minimum Gasteiger partial charge on any atom is -0.477 e. The van der Waals surface area contributed by atoms with E-state index in [0.29, 0.717) is 16.9 Å². The number of hydrogen-bond acceptors (Lipinski definition) is 6. The van der Waals surface area contributed by atoms with Gasteiger partial charge in [-0.05, 0) is 12.5 Å². The molecule has 2 aliphatic rings. The molecule has 1 aromatic rings. The summed E-state index contributed by atoms with van der Waals surface area (Å²) in [5.41, 5.74) is 1.05. The predicted octanol–water partition coefficient (Wildman–Crippen LogP) is 1.05. The van der Waals surface area contributed by atoms with Crippen LogP contribution in [-0.2, 0) is 23.9 Å². The summed E-state index contributed by atoms with van der Waals surface area (Å²) in [6, 6.07) is 7.60. The zero-order valence-electron chi connectivity index (χ0n) is 14.7. The monoisotopic (exact) mass is 390 g/mol. The average molecular weight is 390 g/mol. The molecule has 142 valence electrons. The van der Waals surface area contributed by atoms with Crippen molar-refractivity contribution in [3.8, 4) is 0 Å². The first-order valence-corrected chi connectivity index (χ1v) is 9.26. The maximum atomic E-state index is 12.7. The Kier molecular flexibility index (Phi) is 5.22. The Bertz CT molecular complexity index is 838. The standard InChI is InChI=1S/C18H18N2O6S/c1-9-8-27-17-12(16(23)20(17)13(9)18(24)25)19-15(22)14(26-10(2)21)11-6-4-3-5-7-11/h3-7,12,14,17H,8H2,1-2H3,(H,19,22)(H,24,25). The number of nitrogens with zero attached hydrogens (tertiary/aromatic N) is 1. The number of nitrogens with one attached hydrogen (secondary N) is 1. The Morgan fingerprint density at radius 2 is 1.96 bits per heavy atom. The van der Waals surface area contributed by atoms with Crippen LogP contribution in [0.15, 0.2) is 41.6 Å². The van der Waals surface area contributed by atoms with Gasteiger partial charge in [0.05, 0.1) is 0 Å². The van der Waals surface area contributed by atoms with Crippen LogP contribution in [0.1, 0.15) is 25.5 Å². The van der Waals surface area contributed by atoms with Crippen LogP contribution in [0, 0.1) is 0 Å². The fourth-order valence-electron chi connectivity index (χ4n) is 3.07. The normalized spacial score (nSPS) is 22.4. The third kappa shape index (κ3) is 3.55. The number of aliphatic carboxylic acids is 1. The molecule has 0 spiro atoms. The Labute approximate surface area is 159 Å². The number of β-lactam (4-membered cyclic amide) rings is 1. The van der Waals surface area contributed by atoms with Crippen LogP contribution in [0.3, 0.4) is 0 Å². The number of amides is 2. The van der Waals surface area contributed by atoms with Crippen molar-refractivity contribution < 1.29 is 29.0 Å². The molecule has 3 unspecified atom stereocenters. The Balaban J connectivity index is 1.77. The van der Waals surface area contributed by atoms with Crippen LogP contribution >= 0.6 is 11.8 Å². The highest BCUT2D eigenvalue weighted by Gasteiger charge is 2.54. The summed E-state index contributed by atoms with van der Waals surface area (Å²) in [4.78, 5) is 49.2. The fraction of sp³-hybridized carbons (Fsp3) is 0.333. The van der Waals surface area contributed by atoms with E-state index >= 15 is 0 Å². The SMILES string of the molecule is CC(=O)OC(C(=O)NC1C(=O)N2C(C(=O)O)=C(C)CSC12)c1ccccc1. The highest BCUT2D eigenvalue weighted by molar-refractivity contribution is 8.00. The number of carbonyl (C=O) groups is 4. The summed E-state index contributed by atoms with van der Waals surface area (Å²) in [6.07, 6.45) is -1.18.